The lowest BCUT2D eigenvalue weighted by Crippen LogP contribution is -2.06. The molecule has 5 heteroatoms. The molecule has 0 fully saturated rings. The Morgan fingerprint density at radius 1 is 0.704 bits per heavy atom. The molecule has 0 heterocycles. The van der Waals surface area contributed by atoms with E-state index in [0.29, 0.717) is 28.0 Å². The fourth-order valence-corrected chi connectivity index (χ4v) is 2.75. The maximum Gasteiger partial charge on any atom is 0.308 e. The van der Waals surface area contributed by atoms with Gasteiger partial charge in [-0.25, -0.2) is 0 Å². The van der Waals surface area contributed by atoms with Gasteiger partial charge in [-0.1, -0.05) is 35.4 Å². The molecule has 0 aliphatic carbocycles. The fourth-order valence-electron chi connectivity index (χ4n) is 2.75. The second-order valence-electron chi connectivity index (χ2n) is 6.35. The van der Waals surface area contributed by atoms with Crippen molar-refractivity contribution in [1.29, 1.82) is 0 Å². The van der Waals surface area contributed by atoms with Gasteiger partial charge < -0.3 is 14.2 Å². The van der Waals surface area contributed by atoms with Gasteiger partial charge in [-0.05, 0) is 32.0 Å². The molecule has 0 unspecified atom stereocenters. The second kappa shape index (κ2) is 7.50. The Morgan fingerprint density at radius 2 is 1.33 bits per heavy atom. The summed E-state index contributed by atoms with van der Waals surface area (Å²) in [5.74, 6) is 0.592. The van der Waals surface area contributed by atoms with E-state index in [4.69, 9.17) is 14.2 Å². The Labute approximate surface area is 157 Å². The first kappa shape index (κ1) is 18.5. The Morgan fingerprint density at radius 3 is 1.96 bits per heavy atom. The van der Waals surface area contributed by atoms with Crippen molar-refractivity contribution < 1.29 is 23.8 Å². The van der Waals surface area contributed by atoms with Crippen LogP contribution in [0.1, 0.15) is 25.0 Å². The summed E-state index contributed by atoms with van der Waals surface area (Å²) in [6.45, 7) is 6.57. The van der Waals surface area contributed by atoms with Crippen molar-refractivity contribution in [2.45, 2.75) is 27.7 Å². The zero-order valence-electron chi connectivity index (χ0n) is 15.7. The van der Waals surface area contributed by atoms with Gasteiger partial charge in [0.15, 0.2) is 11.5 Å². The molecule has 0 bridgehead atoms. The van der Waals surface area contributed by atoms with Crippen molar-refractivity contribution in [2.75, 3.05) is 0 Å². The van der Waals surface area contributed by atoms with E-state index in [-0.39, 0.29) is 5.75 Å². The summed E-state index contributed by atoms with van der Waals surface area (Å²) in [6.07, 6.45) is 0. The van der Waals surface area contributed by atoms with Crippen LogP contribution in [0.3, 0.4) is 0 Å². The number of rotatable bonds is 4. The highest BCUT2D eigenvalue weighted by Gasteiger charge is 2.19. The van der Waals surface area contributed by atoms with E-state index in [2.05, 4.69) is 0 Å². The molecule has 0 aromatic heterocycles. The molecule has 0 radical (unpaired) electrons. The maximum absolute atomic E-state index is 11.7. The Balaban J connectivity index is 2.22. The van der Waals surface area contributed by atoms with Crippen LogP contribution in [0.5, 0.6) is 23.0 Å². The van der Waals surface area contributed by atoms with Crippen molar-refractivity contribution in [1.82, 2.24) is 0 Å². The molecule has 0 atom stereocenters. The monoisotopic (exact) mass is 364 g/mol. The van der Waals surface area contributed by atoms with Gasteiger partial charge in [-0.2, -0.15) is 0 Å². The molecule has 3 aromatic carbocycles. The summed E-state index contributed by atoms with van der Waals surface area (Å²) < 4.78 is 16.8. The Bertz CT molecular complexity index is 1020. The van der Waals surface area contributed by atoms with Crippen LogP contribution < -0.4 is 14.2 Å². The average Bonchev–Trinajstić information content (AvgIpc) is 2.59. The second-order valence-corrected chi connectivity index (χ2v) is 6.35. The number of ether oxygens (including phenoxy) is 3. The third-order valence-corrected chi connectivity index (χ3v) is 3.92. The van der Waals surface area contributed by atoms with Crippen LogP contribution in [0.15, 0.2) is 48.5 Å². The van der Waals surface area contributed by atoms with Crippen molar-refractivity contribution in [2.24, 2.45) is 0 Å². The van der Waals surface area contributed by atoms with Gasteiger partial charge in [-0.15, -0.1) is 0 Å². The minimum absolute atomic E-state index is 0.286. The summed E-state index contributed by atoms with van der Waals surface area (Å²) in [4.78, 5) is 23.2. The standard InChI is InChI=1S/C22H20O5/c1-13-5-8-17(9-6-13)27-21-12-20(25-15(3)23)19-11-14(2)7-10-18(19)22(21)26-16(4)24/h5-12H,1-4H3. The fraction of sp³-hybridized carbons (Fsp3) is 0.182. The van der Waals surface area contributed by atoms with Crippen LogP contribution in [0, 0.1) is 13.8 Å². The number of fused-ring (bicyclic) bond motifs is 1. The van der Waals surface area contributed by atoms with Crippen LogP contribution in [0.2, 0.25) is 0 Å². The molecule has 3 rings (SSSR count). The summed E-state index contributed by atoms with van der Waals surface area (Å²) in [6, 6.07) is 14.6. The molecule has 0 spiro atoms. The normalized spacial score (nSPS) is 10.5. The van der Waals surface area contributed by atoms with Crippen molar-refractivity contribution in [3.05, 3.63) is 59.7 Å². The van der Waals surface area contributed by atoms with E-state index in [1.165, 1.54) is 13.8 Å². The van der Waals surface area contributed by atoms with E-state index in [1.54, 1.807) is 6.07 Å². The van der Waals surface area contributed by atoms with Gasteiger partial charge in [0, 0.05) is 30.7 Å². The van der Waals surface area contributed by atoms with Gasteiger partial charge in [0.2, 0.25) is 0 Å². The molecule has 0 saturated carbocycles. The molecule has 0 saturated heterocycles. The van der Waals surface area contributed by atoms with Crippen molar-refractivity contribution in [3.8, 4) is 23.0 Å². The first-order valence-corrected chi connectivity index (χ1v) is 8.52. The predicted octanol–water partition coefficient (Wildman–Crippen LogP) is 5.10. The van der Waals surface area contributed by atoms with E-state index < -0.39 is 11.9 Å². The Hall–Kier alpha value is -3.34. The van der Waals surface area contributed by atoms with E-state index >= 15 is 0 Å². The van der Waals surface area contributed by atoms with Gasteiger partial charge >= 0.3 is 11.9 Å². The molecular formula is C22H20O5. The third-order valence-electron chi connectivity index (χ3n) is 3.92. The summed E-state index contributed by atoms with van der Waals surface area (Å²) in [5.41, 5.74) is 2.08. The summed E-state index contributed by atoms with van der Waals surface area (Å²) in [5, 5.41) is 1.29. The van der Waals surface area contributed by atoms with Gasteiger partial charge in [0.25, 0.3) is 0 Å². The highest BCUT2D eigenvalue weighted by molar-refractivity contribution is 5.98. The number of benzene rings is 3. The number of hydrogen-bond donors (Lipinski definition) is 0. The Kier molecular flexibility index (Phi) is 5.12. The molecule has 0 N–H and O–H groups in total. The average molecular weight is 364 g/mol. The number of esters is 2. The largest absolute Gasteiger partial charge is 0.453 e. The van der Waals surface area contributed by atoms with Crippen LogP contribution in [0.25, 0.3) is 10.8 Å². The van der Waals surface area contributed by atoms with Crippen LogP contribution >= 0.6 is 0 Å². The lowest BCUT2D eigenvalue weighted by molar-refractivity contribution is -0.133. The van der Waals surface area contributed by atoms with Gasteiger partial charge in [0.05, 0.1) is 0 Å². The molecule has 0 amide bonds. The number of carbonyl (C=O) groups is 2. The SMILES string of the molecule is CC(=O)Oc1cc(Oc2ccc(C)cc2)c(OC(C)=O)c2ccc(C)cc12. The lowest BCUT2D eigenvalue weighted by atomic mass is 10.0. The zero-order chi connectivity index (χ0) is 19.6. The minimum Gasteiger partial charge on any atom is -0.453 e. The molecule has 3 aromatic rings. The number of aryl methyl sites for hydroxylation is 2. The highest BCUT2D eigenvalue weighted by Crippen LogP contribution is 2.44. The number of carbonyl (C=O) groups excluding carboxylic acids is 2. The van der Waals surface area contributed by atoms with Crippen molar-refractivity contribution >= 4 is 22.7 Å². The molecular weight excluding hydrogens is 344 g/mol. The lowest BCUT2D eigenvalue weighted by Gasteiger charge is -2.16. The minimum atomic E-state index is -0.467. The maximum atomic E-state index is 11.7. The quantitative estimate of drug-likeness (QED) is 0.476. The molecule has 0 aliphatic heterocycles. The molecule has 5 nitrogen and oxygen atoms in total. The summed E-state index contributed by atoms with van der Waals surface area (Å²) in [7, 11) is 0. The van der Waals surface area contributed by atoms with Crippen LogP contribution in [0.4, 0.5) is 0 Å². The van der Waals surface area contributed by atoms with Gasteiger partial charge in [0.1, 0.15) is 11.5 Å². The van der Waals surface area contributed by atoms with Gasteiger partial charge in [-0.3, -0.25) is 9.59 Å². The molecule has 27 heavy (non-hydrogen) atoms. The smallest absolute Gasteiger partial charge is 0.308 e. The predicted molar refractivity (Wildman–Crippen MR) is 103 cm³/mol. The highest BCUT2D eigenvalue weighted by atomic mass is 16.6. The van der Waals surface area contributed by atoms with E-state index in [0.717, 1.165) is 11.1 Å². The van der Waals surface area contributed by atoms with Crippen LogP contribution in [-0.4, -0.2) is 11.9 Å². The molecule has 138 valence electrons. The molecule has 0 aliphatic rings. The third kappa shape index (κ3) is 4.26. The zero-order valence-corrected chi connectivity index (χ0v) is 15.7. The number of hydrogen-bond acceptors (Lipinski definition) is 5. The first-order chi connectivity index (χ1) is 12.8. The van der Waals surface area contributed by atoms with Crippen LogP contribution in [-0.2, 0) is 9.59 Å². The first-order valence-electron chi connectivity index (χ1n) is 8.52. The topological polar surface area (TPSA) is 61.8 Å². The van der Waals surface area contributed by atoms with E-state index in [9.17, 15) is 9.59 Å². The van der Waals surface area contributed by atoms with E-state index in [1.807, 2.05) is 56.3 Å². The summed E-state index contributed by atoms with van der Waals surface area (Å²) >= 11 is 0. The van der Waals surface area contributed by atoms with Crippen molar-refractivity contribution in [3.63, 3.8) is 0 Å².